The van der Waals surface area contributed by atoms with E-state index in [9.17, 15) is 0 Å². The number of benzene rings is 1. The molecule has 1 aromatic carbocycles. The van der Waals surface area contributed by atoms with Gasteiger partial charge in [-0.3, -0.25) is 0 Å². The maximum atomic E-state index is 6.40. The van der Waals surface area contributed by atoms with Gasteiger partial charge in [-0.25, -0.2) is 4.98 Å². The number of ether oxygens (including phenoxy) is 1. The Morgan fingerprint density at radius 3 is 2.58 bits per heavy atom. The number of nitrogens with zero attached hydrogens (tertiary/aromatic N) is 2. The Bertz CT molecular complexity index is 917. The lowest BCUT2D eigenvalue weighted by Crippen LogP contribution is -2.61. The molecule has 0 radical (unpaired) electrons. The zero-order valence-electron chi connectivity index (χ0n) is 14.8. The summed E-state index contributed by atoms with van der Waals surface area (Å²) in [6, 6.07) is 12.8. The van der Waals surface area contributed by atoms with Crippen LogP contribution < -0.4 is 4.74 Å². The molecule has 0 spiro atoms. The van der Waals surface area contributed by atoms with Crippen LogP contribution in [0.1, 0.15) is 12.8 Å². The van der Waals surface area contributed by atoms with Crippen molar-refractivity contribution in [1.29, 1.82) is 0 Å². The molecule has 4 aliphatic rings. The van der Waals surface area contributed by atoms with Crippen molar-refractivity contribution in [2.45, 2.75) is 18.9 Å². The fourth-order valence-electron chi connectivity index (χ4n) is 5.55. The highest BCUT2D eigenvalue weighted by atomic mass is 16.5. The van der Waals surface area contributed by atoms with E-state index < -0.39 is 0 Å². The van der Waals surface area contributed by atoms with Gasteiger partial charge < -0.3 is 14.6 Å². The van der Waals surface area contributed by atoms with Gasteiger partial charge in [-0.05, 0) is 54.0 Å². The third kappa shape index (κ3) is 2.36. The number of piperidine rings is 3. The van der Waals surface area contributed by atoms with Crippen molar-refractivity contribution >= 4 is 10.9 Å². The van der Waals surface area contributed by atoms with Crippen LogP contribution in [0, 0.1) is 17.8 Å². The van der Waals surface area contributed by atoms with Gasteiger partial charge in [0.15, 0.2) is 0 Å². The van der Waals surface area contributed by atoms with Gasteiger partial charge in [0, 0.05) is 61.0 Å². The minimum atomic E-state index is 0.359. The number of aromatic amines is 1. The first-order valence-electron chi connectivity index (χ1n) is 9.74. The molecule has 1 saturated carbocycles. The van der Waals surface area contributed by atoms with E-state index in [1.807, 2.05) is 18.5 Å². The smallest absolute Gasteiger partial charge is 0.213 e. The van der Waals surface area contributed by atoms with Gasteiger partial charge >= 0.3 is 0 Å². The molecule has 1 aliphatic carbocycles. The summed E-state index contributed by atoms with van der Waals surface area (Å²) < 4.78 is 6.40. The highest BCUT2D eigenvalue weighted by molar-refractivity contribution is 5.84. The maximum absolute atomic E-state index is 6.40. The van der Waals surface area contributed by atoms with Crippen LogP contribution in [-0.4, -0.2) is 40.6 Å². The highest BCUT2D eigenvalue weighted by Gasteiger charge is 2.48. The summed E-state index contributed by atoms with van der Waals surface area (Å²) in [6.07, 6.45) is 6.96. The maximum Gasteiger partial charge on any atom is 0.213 e. The molecular formula is C22H23N3O. The monoisotopic (exact) mass is 345 g/mol. The van der Waals surface area contributed by atoms with Gasteiger partial charge in [-0.2, -0.15) is 0 Å². The highest BCUT2D eigenvalue weighted by Crippen LogP contribution is 2.44. The summed E-state index contributed by atoms with van der Waals surface area (Å²) in [7, 11) is 0. The Morgan fingerprint density at radius 2 is 1.81 bits per heavy atom. The zero-order chi connectivity index (χ0) is 17.1. The fraction of sp³-hybridized carbons (Fsp3) is 0.409. The summed E-state index contributed by atoms with van der Waals surface area (Å²) in [5.41, 5.74) is 3.49. The SMILES string of the molecule is c1cc2cc(-c3ccc(OC4[C@H]5CC6C[C@H]4CN(C6)C5)nc3)ccc2[nH]1. The van der Waals surface area contributed by atoms with Gasteiger partial charge in [0.2, 0.25) is 5.88 Å². The van der Waals surface area contributed by atoms with Gasteiger partial charge in [0.25, 0.3) is 0 Å². The third-order valence-electron chi connectivity index (χ3n) is 6.58. The summed E-state index contributed by atoms with van der Waals surface area (Å²) >= 11 is 0. The van der Waals surface area contributed by atoms with Crippen LogP contribution in [0.25, 0.3) is 22.0 Å². The molecule has 26 heavy (non-hydrogen) atoms. The van der Waals surface area contributed by atoms with E-state index in [1.54, 1.807) is 0 Å². The van der Waals surface area contributed by atoms with Crippen LogP contribution in [0.4, 0.5) is 0 Å². The number of nitrogens with one attached hydrogen (secondary N) is 1. The molecule has 2 aromatic heterocycles. The number of fused-ring (bicyclic) bond motifs is 1. The molecule has 0 unspecified atom stereocenters. The number of pyridine rings is 1. The first-order valence-corrected chi connectivity index (χ1v) is 9.74. The van der Waals surface area contributed by atoms with E-state index in [0.717, 1.165) is 17.4 Å². The Morgan fingerprint density at radius 1 is 0.962 bits per heavy atom. The Hall–Kier alpha value is -2.33. The van der Waals surface area contributed by atoms with Gasteiger partial charge in [0.05, 0.1) is 0 Å². The van der Waals surface area contributed by atoms with E-state index in [0.29, 0.717) is 17.9 Å². The average Bonchev–Trinajstić information content (AvgIpc) is 3.12. The molecular weight excluding hydrogens is 322 g/mol. The number of H-pyrrole nitrogens is 1. The molecule has 4 bridgehead atoms. The minimum Gasteiger partial charge on any atom is -0.474 e. The Labute approximate surface area is 153 Å². The lowest BCUT2D eigenvalue weighted by atomic mass is 9.66. The van der Waals surface area contributed by atoms with Gasteiger partial charge in [-0.15, -0.1) is 0 Å². The van der Waals surface area contributed by atoms with Crippen molar-refractivity contribution in [2.24, 2.45) is 17.8 Å². The molecule has 5 heterocycles. The molecule has 3 aliphatic heterocycles. The van der Waals surface area contributed by atoms with Crippen molar-refractivity contribution in [1.82, 2.24) is 14.9 Å². The lowest BCUT2D eigenvalue weighted by molar-refractivity contribution is -0.0997. The first-order chi connectivity index (χ1) is 12.8. The normalized spacial score (nSPS) is 32.2. The Kier molecular flexibility index (Phi) is 3.18. The predicted molar refractivity (Wildman–Crippen MR) is 102 cm³/mol. The first kappa shape index (κ1) is 14.8. The van der Waals surface area contributed by atoms with Crippen LogP contribution in [0.15, 0.2) is 48.8 Å². The van der Waals surface area contributed by atoms with Crippen LogP contribution in [0.5, 0.6) is 5.88 Å². The molecule has 2 atom stereocenters. The predicted octanol–water partition coefficient (Wildman–Crippen LogP) is 3.95. The second kappa shape index (κ2) is 5.58. The molecule has 4 nitrogen and oxygen atoms in total. The second-order valence-corrected chi connectivity index (χ2v) is 8.32. The minimum absolute atomic E-state index is 0.359. The summed E-state index contributed by atoms with van der Waals surface area (Å²) in [4.78, 5) is 10.5. The number of aromatic nitrogens is 2. The van der Waals surface area contributed by atoms with E-state index in [2.05, 4.69) is 45.2 Å². The zero-order valence-corrected chi connectivity index (χ0v) is 14.8. The number of hydrogen-bond acceptors (Lipinski definition) is 3. The van der Waals surface area contributed by atoms with Crippen LogP contribution >= 0.6 is 0 Å². The van der Waals surface area contributed by atoms with E-state index in [1.165, 1.54) is 48.9 Å². The average molecular weight is 345 g/mol. The van der Waals surface area contributed by atoms with E-state index >= 15 is 0 Å². The van der Waals surface area contributed by atoms with Crippen molar-refractivity contribution in [3.8, 4) is 17.0 Å². The summed E-state index contributed by atoms with van der Waals surface area (Å²) in [5.74, 6) is 3.08. The molecule has 3 aromatic rings. The molecule has 4 fully saturated rings. The third-order valence-corrected chi connectivity index (χ3v) is 6.58. The fourth-order valence-corrected chi connectivity index (χ4v) is 5.55. The molecule has 132 valence electrons. The molecule has 4 heteroatoms. The van der Waals surface area contributed by atoms with E-state index in [4.69, 9.17) is 4.74 Å². The van der Waals surface area contributed by atoms with Crippen LogP contribution in [-0.2, 0) is 0 Å². The van der Waals surface area contributed by atoms with E-state index in [-0.39, 0.29) is 0 Å². The van der Waals surface area contributed by atoms with Gasteiger partial charge in [0.1, 0.15) is 6.10 Å². The molecule has 1 N–H and O–H groups in total. The quantitative estimate of drug-likeness (QED) is 0.781. The topological polar surface area (TPSA) is 41.1 Å². The molecule has 0 amide bonds. The largest absolute Gasteiger partial charge is 0.474 e. The summed E-state index contributed by atoms with van der Waals surface area (Å²) in [5, 5.41) is 1.23. The Balaban J connectivity index is 1.23. The number of rotatable bonds is 3. The van der Waals surface area contributed by atoms with Crippen molar-refractivity contribution < 1.29 is 4.74 Å². The second-order valence-electron chi connectivity index (χ2n) is 8.32. The lowest BCUT2D eigenvalue weighted by Gasteiger charge is -2.55. The van der Waals surface area contributed by atoms with Crippen molar-refractivity contribution in [3.05, 3.63) is 48.8 Å². The standard InChI is InChI=1S/C22H23N3O/c1-3-20-16(5-6-23-20)9-15(1)17-2-4-21(24-10-17)26-22-18-7-14-8-19(22)13-25(11-14)12-18/h1-6,9-10,14,18-19,22-23H,7-8,11-13H2/t14?,18-,19-,22?/m0/s1. The summed E-state index contributed by atoms with van der Waals surface area (Å²) in [6.45, 7) is 3.75. The molecule has 3 saturated heterocycles. The van der Waals surface area contributed by atoms with Crippen LogP contribution in [0.3, 0.4) is 0 Å². The number of hydrogen-bond donors (Lipinski definition) is 1. The van der Waals surface area contributed by atoms with Crippen molar-refractivity contribution in [2.75, 3.05) is 19.6 Å². The van der Waals surface area contributed by atoms with Gasteiger partial charge in [-0.1, -0.05) is 6.07 Å². The van der Waals surface area contributed by atoms with Crippen molar-refractivity contribution in [3.63, 3.8) is 0 Å². The molecule has 7 rings (SSSR count). The van der Waals surface area contributed by atoms with Crippen LogP contribution in [0.2, 0.25) is 0 Å².